The van der Waals surface area contributed by atoms with E-state index >= 15 is 0 Å². The molecule has 20 heavy (non-hydrogen) atoms. The van der Waals surface area contributed by atoms with Gasteiger partial charge in [0.1, 0.15) is 6.54 Å². The summed E-state index contributed by atoms with van der Waals surface area (Å²) in [7, 11) is 0. The van der Waals surface area contributed by atoms with Crippen LogP contribution < -0.4 is 5.32 Å². The van der Waals surface area contributed by atoms with Crippen LogP contribution in [0.15, 0.2) is 22.7 Å². The number of carboxylic acid groups (broad SMARTS) is 1. The second-order valence-corrected chi connectivity index (χ2v) is 5.36. The molecule has 1 aliphatic rings. The van der Waals surface area contributed by atoms with E-state index in [1.165, 1.54) is 11.1 Å². The predicted molar refractivity (Wildman–Crippen MR) is 81.0 cm³/mol. The fourth-order valence-corrected chi connectivity index (χ4v) is 2.70. The number of nitrogens with zero attached hydrogens (tertiary/aromatic N) is 1. The number of carbonyl (C=O) groups excluding carboxylic acids is 1. The zero-order valence-corrected chi connectivity index (χ0v) is 13.2. The molecule has 1 aromatic rings. The number of benzene rings is 1. The summed E-state index contributed by atoms with van der Waals surface area (Å²) in [6, 6.07) is 6.10. The number of fused-ring (bicyclic) bond motifs is 1. The Balaban J connectivity index is 0.00000200. The van der Waals surface area contributed by atoms with Gasteiger partial charge in [-0.2, -0.15) is 0 Å². The molecule has 0 bridgehead atoms. The molecule has 1 amide bonds. The quantitative estimate of drug-likeness (QED) is 0.849. The Labute approximate surface area is 131 Å². The Bertz CT molecular complexity index is 510. The maximum atomic E-state index is 11.6. The summed E-state index contributed by atoms with van der Waals surface area (Å²) >= 11 is 3.52. The molecule has 0 atom stereocenters. The predicted octanol–water partition coefficient (Wildman–Crippen LogP) is 1.43. The van der Waals surface area contributed by atoms with Gasteiger partial charge in [-0.05, 0) is 23.6 Å². The minimum atomic E-state index is -1.03. The second kappa shape index (κ2) is 7.61. The number of carbonyl (C=O) groups is 2. The largest absolute Gasteiger partial charge is 0.480 e. The van der Waals surface area contributed by atoms with Crippen molar-refractivity contribution in [3.05, 3.63) is 33.8 Å². The molecule has 0 aromatic heterocycles. The van der Waals surface area contributed by atoms with Gasteiger partial charge in [-0.3, -0.25) is 14.5 Å². The first-order valence-electron chi connectivity index (χ1n) is 6.03. The van der Waals surface area contributed by atoms with Crippen molar-refractivity contribution >= 4 is 40.2 Å². The van der Waals surface area contributed by atoms with Gasteiger partial charge in [0.05, 0.1) is 6.54 Å². The average Bonchev–Trinajstić information content (AvgIpc) is 2.37. The summed E-state index contributed by atoms with van der Waals surface area (Å²) in [5.74, 6) is -1.28. The lowest BCUT2D eigenvalue weighted by atomic mass is 10.00. The van der Waals surface area contributed by atoms with Crippen LogP contribution in [-0.4, -0.2) is 41.5 Å². The van der Waals surface area contributed by atoms with Crippen molar-refractivity contribution < 1.29 is 14.7 Å². The fourth-order valence-electron chi connectivity index (χ4n) is 2.16. The molecule has 0 saturated carbocycles. The Morgan fingerprint density at radius 1 is 1.40 bits per heavy atom. The zero-order valence-electron chi connectivity index (χ0n) is 10.8. The topological polar surface area (TPSA) is 69.6 Å². The van der Waals surface area contributed by atoms with E-state index in [0.717, 1.165) is 17.4 Å². The van der Waals surface area contributed by atoms with Gasteiger partial charge in [0.2, 0.25) is 5.91 Å². The SMILES string of the molecule is Cl.O=C(O)CNC(=O)CN1CCc2cccc(Br)c2C1. The number of halogens is 2. The first kappa shape index (κ1) is 16.9. The maximum absolute atomic E-state index is 11.6. The number of nitrogens with one attached hydrogen (secondary N) is 1. The monoisotopic (exact) mass is 362 g/mol. The molecular weight excluding hydrogens is 348 g/mol. The minimum Gasteiger partial charge on any atom is -0.480 e. The third kappa shape index (κ3) is 4.47. The minimum absolute atomic E-state index is 0. The summed E-state index contributed by atoms with van der Waals surface area (Å²) in [4.78, 5) is 24.0. The van der Waals surface area contributed by atoms with E-state index in [-0.39, 0.29) is 31.4 Å². The number of carboxylic acids is 1. The molecule has 110 valence electrons. The van der Waals surface area contributed by atoms with Crippen molar-refractivity contribution in [3.63, 3.8) is 0 Å². The molecule has 0 radical (unpaired) electrons. The molecule has 0 unspecified atom stereocenters. The van der Waals surface area contributed by atoms with E-state index in [9.17, 15) is 9.59 Å². The smallest absolute Gasteiger partial charge is 0.322 e. The molecule has 0 spiro atoms. The van der Waals surface area contributed by atoms with Crippen molar-refractivity contribution in [3.8, 4) is 0 Å². The summed E-state index contributed by atoms with van der Waals surface area (Å²) in [6.45, 7) is 1.42. The van der Waals surface area contributed by atoms with Crippen LogP contribution in [0.3, 0.4) is 0 Å². The molecule has 0 fully saturated rings. The Morgan fingerprint density at radius 2 is 2.15 bits per heavy atom. The number of rotatable bonds is 4. The van der Waals surface area contributed by atoms with Gasteiger partial charge in [-0.15, -0.1) is 12.4 Å². The first-order chi connectivity index (χ1) is 9.06. The van der Waals surface area contributed by atoms with Crippen LogP contribution in [0.5, 0.6) is 0 Å². The van der Waals surface area contributed by atoms with Crippen LogP contribution in [0.25, 0.3) is 0 Å². The Morgan fingerprint density at radius 3 is 2.85 bits per heavy atom. The van der Waals surface area contributed by atoms with Gasteiger partial charge in [-0.25, -0.2) is 0 Å². The molecule has 5 nitrogen and oxygen atoms in total. The van der Waals surface area contributed by atoms with E-state index < -0.39 is 5.97 Å². The maximum Gasteiger partial charge on any atom is 0.322 e. The van der Waals surface area contributed by atoms with Gasteiger partial charge in [0, 0.05) is 17.6 Å². The molecule has 1 aromatic carbocycles. The molecule has 1 aliphatic heterocycles. The van der Waals surface area contributed by atoms with Gasteiger partial charge in [-0.1, -0.05) is 28.1 Å². The number of hydrogen-bond acceptors (Lipinski definition) is 3. The lowest BCUT2D eigenvalue weighted by Crippen LogP contribution is -2.41. The van der Waals surface area contributed by atoms with E-state index in [1.54, 1.807) is 0 Å². The van der Waals surface area contributed by atoms with Crippen LogP contribution in [0.4, 0.5) is 0 Å². The second-order valence-electron chi connectivity index (χ2n) is 4.51. The van der Waals surface area contributed by atoms with Crippen LogP contribution >= 0.6 is 28.3 Å². The van der Waals surface area contributed by atoms with E-state index in [2.05, 4.69) is 27.3 Å². The first-order valence-corrected chi connectivity index (χ1v) is 6.82. The van der Waals surface area contributed by atoms with Gasteiger partial charge in [0.25, 0.3) is 0 Å². The summed E-state index contributed by atoms with van der Waals surface area (Å²) < 4.78 is 1.06. The Kier molecular flexibility index (Phi) is 6.45. The third-order valence-corrected chi connectivity index (χ3v) is 3.84. The molecule has 0 aliphatic carbocycles. The molecular formula is C13H16BrClN2O3. The van der Waals surface area contributed by atoms with Crippen molar-refractivity contribution in [1.82, 2.24) is 10.2 Å². The normalized spacial score (nSPS) is 14.1. The Hall–Kier alpha value is -1.11. The van der Waals surface area contributed by atoms with Crippen LogP contribution in [0.1, 0.15) is 11.1 Å². The van der Waals surface area contributed by atoms with Gasteiger partial charge in [0.15, 0.2) is 0 Å². The van der Waals surface area contributed by atoms with E-state index in [4.69, 9.17) is 5.11 Å². The van der Waals surface area contributed by atoms with Gasteiger partial charge < -0.3 is 10.4 Å². The van der Waals surface area contributed by atoms with Gasteiger partial charge >= 0.3 is 5.97 Å². The van der Waals surface area contributed by atoms with E-state index in [0.29, 0.717) is 6.54 Å². The van der Waals surface area contributed by atoms with Crippen molar-refractivity contribution in [2.75, 3.05) is 19.6 Å². The lowest BCUT2D eigenvalue weighted by Gasteiger charge is -2.28. The highest BCUT2D eigenvalue weighted by molar-refractivity contribution is 9.10. The lowest BCUT2D eigenvalue weighted by molar-refractivity contribution is -0.138. The van der Waals surface area contributed by atoms with Crippen molar-refractivity contribution in [2.24, 2.45) is 0 Å². The summed E-state index contributed by atoms with van der Waals surface area (Å²) in [6.07, 6.45) is 0.904. The highest BCUT2D eigenvalue weighted by Crippen LogP contribution is 2.26. The summed E-state index contributed by atoms with van der Waals surface area (Å²) in [5, 5.41) is 10.9. The van der Waals surface area contributed by atoms with E-state index in [1.807, 2.05) is 17.0 Å². The molecule has 1 heterocycles. The zero-order chi connectivity index (χ0) is 13.8. The highest BCUT2D eigenvalue weighted by atomic mass is 79.9. The highest BCUT2D eigenvalue weighted by Gasteiger charge is 2.20. The summed E-state index contributed by atoms with van der Waals surface area (Å²) in [5.41, 5.74) is 2.51. The van der Waals surface area contributed by atoms with Crippen LogP contribution in [-0.2, 0) is 22.6 Å². The third-order valence-electron chi connectivity index (χ3n) is 3.10. The number of aliphatic carboxylic acids is 1. The number of hydrogen-bond donors (Lipinski definition) is 2. The standard InChI is InChI=1S/C13H15BrN2O3.ClH/c14-11-3-1-2-9-4-5-16(7-10(9)11)8-12(17)15-6-13(18)19;/h1-3H,4-8H2,(H,15,17)(H,18,19);1H. The average molecular weight is 364 g/mol. The molecule has 2 N–H and O–H groups in total. The van der Waals surface area contributed by atoms with Crippen molar-refractivity contribution in [1.29, 1.82) is 0 Å². The molecule has 2 rings (SSSR count). The molecule has 7 heteroatoms. The van der Waals surface area contributed by atoms with Crippen LogP contribution in [0.2, 0.25) is 0 Å². The molecule has 0 saturated heterocycles. The number of amides is 1. The van der Waals surface area contributed by atoms with Crippen LogP contribution in [0, 0.1) is 0 Å². The fraction of sp³-hybridized carbons (Fsp3) is 0.385. The van der Waals surface area contributed by atoms with Crippen molar-refractivity contribution in [2.45, 2.75) is 13.0 Å².